The first-order chi connectivity index (χ1) is 12.5. The van der Waals surface area contributed by atoms with E-state index in [1.807, 2.05) is 12.1 Å². The van der Waals surface area contributed by atoms with E-state index in [9.17, 15) is 13.6 Å². The number of amides is 1. The molecule has 0 saturated carbocycles. The van der Waals surface area contributed by atoms with Gasteiger partial charge < -0.3 is 9.73 Å². The van der Waals surface area contributed by atoms with Crippen LogP contribution in [0.4, 0.5) is 8.78 Å². The molecule has 1 N–H and O–H groups in total. The molecule has 2 aromatic carbocycles. The molecule has 0 aliphatic rings. The number of benzene rings is 2. The molecule has 4 nitrogen and oxygen atoms in total. The minimum atomic E-state index is -0.728. The molecule has 3 rings (SSSR count). The number of rotatable bonds is 6. The average Bonchev–Trinajstić information content (AvgIpc) is 3.08. The van der Waals surface area contributed by atoms with Crippen LogP contribution in [0.25, 0.3) is 11.3 Å². The summed E-state index contributed by atoms with van der Waals surface area (Å²) in [5.74, 6) is -1.40. The molecule has 0 radical (unpaired) electrons. The van der Waals surface area contributed by atoms with Gasteiger partial charge in [0.15, 0.2) is 11.7 Å². The van der Waals surface area contributed by atoms with E-state index in [1.165, 1.54) is 12.3 Å². The summed E-state index contributed by atoms with van der Waals surface area (Å²) in [6.45, 7) is 0.382. The normalized spacial score (nSPS) is 10.7. The molecule has 0 aliphatic heterocycles. The summed E-state index contributed by atoms with van der Waals surface area (Å²) in [7, 11) is 0. The predicted molar refractivity (Wildman–Crippen MR) is 93.5 cm³/mol. The molecule has 134 valence electrons. The van der Waals surface area contributed by atoms with E-state index < -0.39 is 11.6 Å². The van der Waals surface area contributed by atoms with Gasteiger partial charge in [-0.25, -0.2) is 13.8 Å². The standard InChI is InChI=1S/C19H15ClF2N2O2/c20-13-6-4-12(5-7-13)10-23-17(25)8-9-18-24-11-16(26-18)19-14(21)2-1-3-15(19)22/h1-7,11H,8-10H2,(H,23,25). The van der Waals surface area contributed by atoms with E-state index in [0.717, 1.165) is 17.7 Å². The number of nitrogens with zero attached hydrogens (tertiary/aromatic N) is 1. The lowest BCUT2D eigenvalue weighted by molar-refractivity contribution is -0.121. The number of oxazole rings is 1. The predicted octanol–water partition coefficient (Wildman–Crippen LogP) is 4.52. The van der Waals surface area contributed by atoms with Crippen LogP contribution in [-0.4, -0.2) is 10.9 Å². The summed E-state index contributed by atoms with van der Waals surface area (Å²) < 4.78 is 32.9. The highest BCUT2D eigenvalue weighted by molar-refractivity contribution is 6.30. The van der Waals surface area contributed by atoms with Crippen molar-refractivity contribution in [2.45, 2.75) is 19.4 Å². The molecule has 0 bridgehead atoms. The Kier molecular flexibility index (Phi) is 5.63. The first-order valence-electron chi connectivity index (χ1n) is 7.93. The third-order valence-electron chi connectivity index (χ3n) is 3.73. The number of nitrogens with one attached hydrogen (secondary N) is 1. The number of carbonyl (C=O) groups excluding carboxylic acids is 1. The smallest absolute Gasteiger partial charge is 0.220 e. The highest BCUT2D eigenvalue weighted by Gasteiger charge is 2.16. The number of aryl methyl sites for hydroxylation is 1. The summed E-state index contributed by atoms with van der Waals surface area (Å²) in [5.41, 5.74) is 0.662. The fourth-order valence-corrected chi connectivity index (χ4v) is 2.51. The van der Waals surface area contributed by atoms with E-state index in [1.54, 1.807) is 12.1 Å². The van der Waals surface area contributed by atoms with Crippen LogP contribution < -0.4 is 5.32 Å². The SMILES string of the molecule is O=C(CCc1ncc(-c2c(F)cccc2F)o1)NCc1ccc(Cl)cc1. The monoisotopic (exact) mass is 376 g/mol. The lowest BCUT2D eigenvalue weighted by Crippen LogP contribution is -2.22. The largest absolute Gasteiger partial charge is 0.441 e. The van der Waals surface area contributed by atoms with Crippen LogP contribution in [0.3, 0.4) is 0 Å². The van der Waals surface area contributed by atoms with Crippen molar-refractivity contribution in [2.75, 3.05) is 0 Å². The molecular formula is C19H15ClF2N2O2. The van der Waals surface area contributed by atoms with Crippen LogP contribution in [0.2, 0.25) is 5.02 Å². The second-order valence-corrected chi connectivity index (χ2v) is 6.05. The Balaban J connectivity index is 1.54. The fraction of sp³-hybridized carbons (Fsp3) is 0.158. The van der Waals surface area contributed by atoms with Crippen molar-refractivity contribution >= 4 is 17.5 Å². The minimum absolute atomic E-state index is 0.00262. The van der Waals surface area contributed by atoms with E-state index >= 15 is 0 Å². The number of hydrogen-bond donors (Lipinski definition) is 1. The molecular weight excluding hydrogens is 362 g/mol. The first kappa shape index (κ1) is 18.1. The molecule has 0 aliphatic carbocycles. The maximum atomic E-state index is 13.7. The molecule has 0 atom stereocenters. The van der Waals surface area contributed by atoms with Crippen LogP contribution in [-0.2, 0) is 17.8 Å². The molecule has 7 heteroatoms. The van der Waals surface area contributed by atoms with Crippen LogP contribution in [0.1, 0.15) is 17.9 Å². The minimum Gasteiger partial charge on any atom is -0.441 e. The molecule has 0 unspecified atom stereocenters. The number of hydrogen-bond acceptors (Lipinski definition) is 3. The van der Waals surface area contributed by atoms with Gasteiger partial charge in [-0.05, 0) is 29.8 Å². The van der Waals surface area contributed by atoms with E-state index in [0.29, 0.717) is 11.6 Å². The third-order valence-corrected chi connectivity index (χ3v) is 3.98. The Bertz CT molecular complexity index is 890. The summed E-state index contributed by atoms with van der Waals surface area (Å²) >= 11 is 5.81. The summed E-state index contributed by atoms with van der Waals surface area (Å²) in [5, 5.41) is 3.40. The van der Waals surface area contributed by atoms with Crippen molar-refractivity contribution in [3.05, 3.63) is 76.8 Å². The topological polar surface area (TPSA) is 55.1 Å². The summed E-state index contributed by atoms with van der Waals surface area (Å²) in [6, 6.07) is 10.7. The van der Waals surface area contributed by atoms with Gasteiger partial charge >= 0.3 is 0 Å². The lowest BCUT2D eigenvalue weighted by atomic mass is 10.1. The average molecular weight is 377 g/mol. The van der Waals surface area contributed by atoms with Crippen molar-refractivity contribution in [2.24, 2.45) is 0 Å². The molecule has 1 aromatic heterocycles. The van der Waals surface area contributed by atoms with Crippen molar-refractivity contribution in [1.29, 1.82) is 0 Å². The Morgan fingerprint density at radius 3 is 2.50 bits per heavy atom. The van der Waals surface area contributed by atoms with Crippen molar-refractivity contribution < 1.29 is 18.0 Å². The van der Waals surface area contributed by atoms with Crippen LogP contribution in [0.15, 0.2) is 53.1 Å². The number of carbonyl (C=O) groups is 1. The van der Waals surface area contributed by atoms with Crippen LogP contribution in [0.5, 0.6) is 0 Å². The second-order valence-electron chi connectivity index (χ2n) is 5.62. The molecule has 1 amide bonds. The van der Waals surface area contributed by atoms with Gasteiger partial charge in [0, 0.05) is 24.4 Å². The van der Waals surface area contributed by atoms with Gasteiger partial charge in [-0.1, -0.05) is 29.8 Å². The first-order valence-corrected chi connectivity index (χ1v) is 8.31. The second kappa shape index (κ2) is 8.10. The molecule has 1 heterocycles. The van der Waals surface area contributed by atoms with Gasteiger partial charge in [0.05, 0.1) is 11.8 Å². The fourth-order valence-electron chi connectivity index (χ4n) is 2.39. The van der Waals surface area contributed by atoms with Crippen LogP contribution >= 0.6 is 11.6 Å². The van der Waals surface area contributed by atoms with Crippen molar-refractivity contribution in [1.82, 2.24) is 10.3 Å². The summed E-state index contributed by atoms with van der Waals surface area (Å²) in [4.78, 5) is 15.9. The third kappa shape index (κ3) is 4.46. The van der Waals surface area contributed by atoms with Crippen molar-refractivity contribution in [3.8, 4) is 11.3 Å². The van der Waals surface area contributed by atoms with Crippen molar-refractivity contribution in [3.63, 3.8) is 0 Å². The van der Waals surface area contributed by atoms with E-state index in [4.69, 9.17) is 16.0 Å². The van der Waals surface area contributed by atoms with Crippen LogP contribution in [0, 0.1) is 11.6 Å². The molecule has 0 spiro atoms. The molecule has 0 saturated heterocycles. The van der Waals surface area contributed by atoms with E-state index in [-0.39, 0.29) is 36.0 Å². The van der Waals surface area contributed by atoms with Gasteiger partial charge in [-0.15, -0.1) is 0 Å². The van der Waals surface area contributed by atoms with Gasteiger partial charge in [0.2, 0.25) is 5.91 Å². The zero-order valence-electron chi connectivity index (χ0n) is 13.6. The Hall–Kier alpha value is -2.73. The maximum absolute atomic E-state index is 13.7. The highest BCUT2D eigenvalue weighted by Crippen LogP contribution is 2.26. The van der Waals surface area contributed by atoms with Gasteiger partial charge in [0.1, 0.15) is 11.6 Å². The number of aromatic nitrogens is 1. The molecule has 0 fully saturated rings. The van der Waals surface area contributed by atoms with Gasteiger partial charge in [-0.2, -0.15) is 0 Å². The Morgan fingerprint density at radius 1 is 1.12 bits per heavy atom. The lowest BCUT2D eigenvalue weighted by Gasteiger charge is -2.04. The molecule has 3 aromatic rings. The van der Waals surface area contributed by atoms with Gasteiger partial charge in [0.25, 0.3) is 0 Å². The summed E-state index contributed by atoms with van der Waals surface area (Å²) in [6.07, 6.45) is 1.62. The zero-order valence-corrected chi connectivity index (χ0v) is 14.4. The Morgan fingerprint density at radius 2 is 1.81 bits per heavy atom. The number of halogens is 3. The van der Waals surface area contributed by atoms with Gasteiger partial charge in [-0.3, -0.25) is 4.79 Å². The quantitative estimate of drug-likeness (QED) is 0.688. The van der Waals surface area contributed by atoms with E-state index in [2.05, 4.69) is 10.3 Å². The zero-order chi connectivity index (χ0) is 18.5. The Labute approximate surface area is 153 Å². The maximum Gasteiger partial charge on any atom is 0.220 e. The highest BCUT2D eigenvalue weighted by atomic mass is 35.5. The molecule has 26 heavy (non-hydrogen) atoms.